The molecular formula is C15H23NO. The highest BCUT2D eigenvalue weighted by Crippen LogP contribution is 2.44. The average Bonchev–Trinajstić information content (AvgIpc) is 2.29. The van der Waals surface area contributed by atoms with Crippen molar-refractivity contribution >= 4 is 5.78 Å². The summed E-state index contributed by atoms with van der Waals surface area (Å²) in [4.78, 5) is 14.3. The van der Waals surface area contributed by atoms with E-state index in [1.165, 1.54) is 37.8 Å². The summed E-state index contributed by atoms with van der Waals surface area (Å²) in [6.45, 7) is 4.47. The Bertz CT molecular complexity index is 360. The fourth-order valence-corrected chi connectivity index (χ4v) is 4.38. The molecule has 17 heavy (non-hydrogen) atoms. The van der Waals surface area contributed by atoms with E-state index in [1.807, 2.05) is 6.08 Å². The minimum absolute atomic E-state index is 0.338. The summed E-state index contributed by atoms with van der Waals surface area (Å²) in [5.41, 5.74) is 1.23. The van der Waals surface area contributed by atoms with Crippen LogP contribution < -0.4 is 0 Å². The molecule has 0 aromatic rings. The molecule has 3 rings (SSSR count). The first kappa shape index (κ1) is 11.3. The van der Waals surface area contributed by atoms with Gasteiger partial charge >= 0.3 is 0 Å². The summed E-state index contributed by atoms with van der Waals surface area (Å²) in [5, 5.41) is 0. The van der Waals surface area contributed by atoms with E-state index in [0.717, 1.165) is 18.4 Å². The fourth-order valence-electron chi connectivity index (χ4n) is 4.38. The third kappa shape index (κ3) is 1.82. The van der Waals surface area contributed by atoms with Gasteiger partial charge in [0.05, 0.1) is 0 Å². The minimum atomic E-state index is 0.338. The van der Waals surface area contributed by atoms with Gasteiger partial charge in [-0.05, 0) is 38.0 Å². The van der Waals surface area contributed by atoms with Gasteiger partial charge in [-0.1, -0.05) is 19.8 Å². The highest BCUT2D eigenvalue weighted by atomic mass is 16.1. The molecule has 0 amide bonds. The highest BCUT2D eigenvalue weighted by molar-refractivity contribution is 5.91. The summed E-state index contributed by atoms with van der Waals surface area (Å²) >= 11 is 0. The molecule has 2 nitrogen and oxygen atoms in total. The third-order valence-electron chi connectivity index (χ3n) is 5.10. The van der Waals surface area contributed by atoms with Gasteiger partial charge in [-0.3, -0.25) is 4.79 Å². The summed E-state index contributed by atoms with van der Waals surface area (Å²) in [6.07, 6.45) is 9.50. The zero-order valence-corrected chi connectivity index (χ0v) is 11.0. The summed E-state index contributed by atoms with van der Waals surface area (Å²) < 4.78 is 0. The first-order chi connectivity index (χ1) is 8.16. The van der Waals surface area contributed by atoms with Crippen LogP contribution in [0.25, 0.3) is 0 Å². The van der Waals surface area contributed by atoms with Crippen LogP contribution >= 0.6 is 0 Å². The normalized spacial score (nSPS) is 41.6. The van der Waals surface area contributed by atoms with Gasteiger partial charge in [0.1, 0.15) is 0 Å². The van der Waals surface area contributed by atoms with Crippen LogP contribution in [0.5, 0.6) is 0 Å². The Labute approximate surface area is 104 Å². The monoisotopic (exact) mass is 233 g/mol. The molecule has 0 spiro atoms. The lowest BCUT2D eigenvalue weighted by atomic mass is 9.70. The van der Waals surface area contributed by atoms with Crippen LogP contribution in [0.3, 0.4) is 0 Å². The minimum Gasteiger partial charge on any atom is -0.368 e. The lowest BCUT2D eigenvalue weighted by Gasteiger charge is -2.54. The van der Waals surface area contributed by atoms with Crippen molar-refractivity contribution in [3.63, 3.8) is 0 Å². The predicted octanol–water partition coefficient (Wildman–Crippen LogP) is 3.13. The van der Waals surface area contributed by atoms with Gasteiger partial charge in [0.15, 0.2) is 5.78 Å². The average molecular weight is 233 g/mol. The quantitative estimate of drug-likeness (QED) is 0.640. The standard InChI is InChI=1S/C15H23NO/c1-10-7-12-5-3-4-6-14(12)16-11(2)8-13(17)9-15(10)16/h8,10,12,14-15H,3-7,9H2,1-2H3. The Balaban J connectivity index is 1.93. The van der Waals surface area contributed by atoms with Gasteiger partial charge < -0.3 is 4.90 Å². The Morgan fingerprint density at radius 2 is 2.00 bits per heavy atom. The largest absolute Gasteiger partial charge is 0.368 e. The van der Waals surface area contributed by atoms with Crippen LogP contribution in [0.4, 0.5) is 0 Å². The maximum absolute atomic E-state index is 11.7. The van der Waals surface area contributed by atoms with E-state index in [2.05, 4.69) is 18.7 Å². The molecule has 2 heterocycles. The second kappa shape index (κ2) is 4.15. The first-order valence-electron chi connectivity index (χ1n) is 7.16. The van der Waals surface area contributed by atoms with Crippen molar-refractivity contribution in [1.29, 1.82) is 0 Å². The molecule has 0 aromatic carbocycles. The van der Waals surface area contributed by atoms with Crippen molar-refractivity contribution in [2.24, 2.45) is 11.8 Å². The van der Waals surface area contributed by atoms with E-state index in [4.69, 9.17) is 0 Å². The second-order valence-corrected chi connectivity index (χ2v) is 6.26. The molecule has 94 valence electrons. The number of carbonyl (C=O) groups excluding carboxylic acids is 1. The molecule has 4 unspecified atom stereocenters. The van der Waals surface area contributed by atoms with E-state index in [0.29, 0.717) is 17.7 Å². The van der Waals surface area contributed by atoms with Crippen LogP contribution in [0.2, 0.25) is 0 Å². The maximum atomic E-state index is 11.7. The Morgan fingerprint density at radius 1 is 1.24 bits per heavy atom. The number of nitrogens with zero attached hydrogens (tertiary/aromatic N) is 1. The SMILES string of the molecule is CC1=CC(=O)CC2C(C)CC3CCCCC3N12. The predicted molar refractivity (Wildman–Crippen MR) is 68.5 cm³/mol. The summed E-state index contributed by atoms with van der Waals surface area (Å²) in [6, 6.07) is 1.22. The number of hydrogen-bond acceptors (Lipinski definition) is 2. The van der Waals surface area contributed by atoms with Crippen LogP contribution in [0.15, 0.2) is 11.8 Å². The molecule has 0 bridgehead atoms. The van der Waals surface area contributed by atoms with E-state index in [-0.39, 0.29) is 0 Å². The summed E-state index contributed by atoms with van der Waals surface area (Å²) in [7, 11) is 0. The molecule has 0 N–H and O–H groups in total. The second-order valence-electron chi connectivity index (χ2n) is 6.26. The zero-order valence-electron chi connectivity index (χ0n) is 11.0. The van der Waals surface area contributed by atoms with Crippen LogP contribution in [-0.2, 0) is 4.79 Å². The number of fused-ring (bicyclic) bond motifs is 3. The Kier molecular flexibility index (Phi) is 2.76. The Hall–Kier alpha value is -0.790. The molecule has 4 atom stereocenters. The van der Waals surface area contributed by atoms with Crippen molar-refractivity contribution < 1.29 is 4.79 Å². The van der Waals surface area contributed by atoms with Crippen LogP contribution in [0.1, 0.15) is 52.4 Å². The Morgan fingerprint density at radius 3 is 2.82 bits per heavy atom. The van der Waals surface area contributed by atoms with Gasteiger partial charge in [0, 0.05) is 30.3 Å². The smallest absolute Gasteiger partial charge is 0.159 e. The van der Waals surface area contributed by atoms with E-state index < -0.39 is 0 Å². The molecular weight excluding hydrogens is 210 g/mol. The molecule has 0 aromatic heterocycles. The van der Waals surface area contributed by atoms with Gasteiger partial charge in [-0.15, -0.1) is 0 Å². The van der Waals surface area contributed by atoms with Crippen molar-refractivity contribution in [3.05, 3.63) is 11.8 Å². The van der Waals surface area contributed by atoms with E-state index >= 15 is 0 Å². The molecule has 2 heteroatoms. The van der Waals surface area contributed by atoms with Gasteiger partial charge in [-0.2, -0.15) is 0 Å². The van der Waals surface area contributed by atoms with Crippen molar-refractivity contribution in [2.75, 3.05) is 0 Å². The van der Waals surface area contributed by atoms with E-state index in [1.54, 1.807) is 0 Å². The molecule has 3 aliphatic rings. The molecule has 2 aliphatic heterocycles. The van der Waals surface area contributed by atoms with Crippen LogP contribution in [-0.4, -0.2) is 22.8 Å². The van der Waals surface area contributed by atoms with Crippen molar-refractivity contribution in [3.8, 4) is 0 Å². The fraction of sp³-hybridized carbons (Fsp3) is 0.800. The number of hydrogen-bond donors (Lipinski definition) is 0. The topological polar surface area (TPSA) is 20.3 Å². The number of rotatable bonds is 0. The maximum Gasteiger partial charge on any atom is 0.159 e. The molecule has 2 fully saturated rings. The lowest BCUT2D eigenvalue weighted by molar-refractivity contribution is -0.119. The lowest BCUT2D eigenvalue weighted by Crippen LogP contribution is -2.56. The van der Waals surface area contributed by atoms with Gasteiger partial charge in [0.2, 0.25) is 0 Å². The molecule has 1 saturated carbocycles. The first-order valence-corrected chi connectivity index (χ1v) is 7.16. The number of allylic oxidation sites excluding steroid dienone is 2. The van der Waals surface area contributed by atoms with E-state index in [9.17, 15) is 4.79 Å². The van der Waals surface area contributed by atoms with Crippen molar-refractivity contribution in [2.45, 2.75) is 64.5 Å². The third-order valence-corrected chi connectivity index (χ3v) is 5.10. The number of carbonyl (C=O) groups is 1. The highest BCUT2D eigenvalue weighted by Gasteiger charge is 2.43. The van der Waals surface area contributed by atoms with Crippen molar-refractivity contribution in [1.82, 2.24) is 4.90 Å². The molecule has 1 aliphatic carbocycles. The van der Waals surface area contributed by atoms with Crippen LogP contribution in [0, 0.1) is 11.8 Å². The summed E-state index contributed by atoms with van der Waals surface area (Å²) in [5.74, 6) is 1.90. The zero-order chi connectivity index (χ0) is 12.0. The van der Waals surface area contributed by atoms with Gasteiger partial charge in [-0.25, -0.2) is 0 Å². The molecule has 0 radical (unpaired) electrons. The number of ketones is 1. The van der Waals surface area contributed by atoms with Gasteiger partial charge in [0.25, 0.3) is 0 Å². The number of piperidine rings is 1. The molecule has 1 saturated heterocycles.